The molecule has 0 aliphatic carbocycles. The summed E-state index contributed by atoms with van der Waals surface area (Å²) in [7, 11) is 2.00. The third-order valence-electron chi connectivity index (χ3n) is 3.02. The lowest BCUT2D eigenvalue weighted by Gasteiger charge is -2.27. The van der Waals surface area contributed by atoms with Crippen LogP contribution in [0.1, 0.15) is 16.7 Å². The van der Waals surface area contributed by atoms with Crippen molar-refractivity contribution in [3.8, 4) is 0 Å². The molecule has 1 aromatic heterocycles. The topological polar surface area (TPSA) is 61.0 Å². The van der Waals surface area contributed by atoms with Gasteiger partial charge in [-0.25, -0.2) is 0 Å². The van der Waals surface area contributed by atoms with Crippen LogP contribution < -0.4 is 10.2 Å². The highest BCUT2D eigenvalue weighted by Gasteiger charge is 2.14. The molecule has 0 spiro atoms. The summed E-state index contributed by atoms with van der Waals surface area (Å²) in [6, 6.07) is 10.2. The molecule has 0 saturated heterocycles. The highest BCUT2D eigenvalue weighted by molar-refractivity contribution is 7.73. The van der Waals surface area contributed by atoms with E-state index in [9.17, 15) is 4.79 Å². The lowest BCUT2D eigenvalue weighted by atomic mass is 10.2. The Labute approximate surface area is 126 Å². The van der Waals surface area contributed by atoms with Crippen molar-refractivity contribution in [2.75, 3.05) is 18.5 Å². The zero-order valence-corrected chi connectivity index (χ0v) is 12.9. The van der Waals surface area contributed by atoms with Crippen LogP contribution >= 0.6 is 23.6 Å². The smallest absolute Gasteiger partial charge is 0.282 e. The number of amides is 1. The zero-order chi connectivity index (χ0) is 14.5. The van der Waals surface area contributed by atoms with Crippen LogP contribution in [-0.4, -0.2) is 35.7 Å². The van der Waals surface area contributed by atoms with Crippen LogP contribution in [0.4, 0.5) is 5.69 Å². The molecule has 106 valence electrons. The zero-order valence-electron chi connectivity index (χ0n) is 11.3. The van der Waals surface area contributed by atoms with Crippen LogP contribution in [-0.2, 0) is 0 Å². The summed E-state index contributed by atoms with van der Waals surface area (Å²) in [4.78, 5) is 14.0. The van der Waals surface area contributed by atoms with Crippen molar-refractivity contribution < 1.29 is 4.79 Å². The molecule has 0 aliphatic rings. The molecule has 2 rings (SSSR count). The molecular formula is C13H16N4OS2. The Hall–Kier alpha value is -1.73. The summed E-state index contributed by atoms with van der Waals surface area (Å²) in [5, 5.41) is 9.69. The molecule has 0 unspecified atom stereocenters. The maximum absolute atomic E-state index is 11.9. The van der Waals surface area contributed by atoms with Gasteiger partial charge in [-0.15, -0.1) is 0 Å². The predicted molar refractivity (Wildman–Crippen MR) is 83.9 cm³/mol. The first-order valence-electron chi connectivity index (χ1n) is 6.19. The van der Waals surface area contributed by atoms with Gasteiger partial charge in [-0.2, -0.15) is 5.10 Å². The average Bonchev–Trinajstić information content (AvgIpc) is 2.91. The molecule has 20 heavy (non-hydrogen) atoms. The SMILES string of the molecule is C[C@H](CNC(=O)c1n[nH]c(=S)s1)N(C)c1ccccc1. The highest BCUT2D eigenvalue weighted by atomic mass is 32.1. The lowest BCUT2D eigenvalue weighted by molar-refractivity contribution is 0.0950. The van der Waals surface area contributed by atoms with Crippen LogP contribution in [0.5, 0.6) is 0 Å². The van der Waals surface area contributed by atoms with Crippen molar-refractivity contribution in [2.24, 2.45) is 0 Å². The lowest BCUT2D eigenvalue weighted by Crippen LogP contribution is -2.40. The van der Waals surface area contributed by atoms with E-state index < -0.39 is 0 Å². The van der Waals surface area contributed by atoms with Gasteiger partial charge in [0.05, 0.1) is 0 Å². The largest absolute Gasteiger partial charge is 0.370 e. The monoisotopic (exact) mass is 308 g/mol. The van der Waals surface area contributed by atoms with Gasteiger partial charge in [0.1, 0.15) is 0 Å². The summed E-state index contributed by atoms with van der Waals surface area (Å²) in [6.07, 6.45) is 0. The minimum absolute atomic E-state index is 0.174. The summed E-state index contributed by atoms with van der Waals surface area (Å²) in [5.41, 5.74) is 1.12. The maximum atomic E-state index is 11.9. The predicted octanol–water partition coefficient (Wildman–Crippen LogP) is 2.46. The number of carbonyl (C=O) groups excluding carboxylic acids is 1. The van der Waals surface area contributed by atoms with Crippen LogP contribution in [0, 0.1) is 3.95 Å². The number of aromatic nitrogens is 2. The number of benzene rings is 1. The number of likely N-dealkylation sites (N-methyl/N-ethyl adjacent to an activating group) is 1. The third kappa shape index (κ3) is 3.64. The minimum Gasteiger partial charge on any atom is -0.370 e. The van der Waals surface area contributed by atoms with E-state index in [-0.39, 0.29) is 11.9 Å². The van der Waals surface area contributed by atoms with E-state index in [0.29, 0.717) is 15.5 Å². The number of carbonyl (C=O) groups is 1. The van der Waals surface area contributed by atoms with Gasteiger partial charge < -0.3 is 10.2 Å². The van der Waals surface area contributed by atoms with Gasteiger partial charge in [0.2, 0.25) is 5.01 Å². The van der Waals surface area contributed by atoms with Crippen LogP contribution in [0.3, 0.4) is 0 Å². The standard InChI is InChI=1S/C13H16N4OS2/c1-9(17(2)10-6-4-3-5-7-10)8-14-11(18)12-15-16-13(19)20-12/h3-7,9H,8H2,1-2H3,(H,14,18)(H,16,19)/t9-/m1/s1. The van der Waals surface area contributed by atoms with Gasteiger partial charge >= 0.3 is 0 Å². The van der Waals surface area contributed by atoms with E-state index in [0.717, 1.165) is 5.69 Å². The molecule has 1 amide bonds. The van der Waals surface area contributed by atoms with Crippen molar-refractivity contribution in [3.63, 3.8) is 0 Å². The van der Waals surface area contributed by atoms with Gasteiger partial charge in [0.25, 0.3) is 5.91 Å². The first-order chi connectivity index (χ1) is 9.58. The number of rotatable bonds is 5. The van der Waals surface area contributed by atoms with Gasteiger partial charge in [-0.1, -0.05) is 29.5 Å². The molecule has 2 N–H and O–H groups in total. The quantitative estimate of drug-likeness (QED) is 0.833. The molecule has 0 radical (unpaired) electrons. The number of hydrogen-bond acceptors (Lipinski definition) is 5. The molecule has 1 aromatic carbocycles. The molecule has 1 atom stereocenters. The van der Waals surface area contributed by atoms with Crippen LogP contribution in [0.2, 0.25) is 0 Å². The molecule has 0 bridgehead atoms. The number of H-pyrrole nitrogens is 1. The fraction of sp³-hybridized carbons (Fsp3) is 0.308. The second-order valence-corrected chi connectivity index (χ2v) is 6.09. The summed E-state index contributed by atoms with van der Waals surface area (Å²) < 4.78 is 0.504. The highest BCUT2D eigenvalue weighted by Crippen LogP contribution is 2.13. The van der Waals surface area contributed by atoms with E-state index in [1.807, 2.05) is 37.4 Å². The molecule has 1 heterocycles. The molecular weight excluding hydrogens is 292 g/mol. The molecule has 2 aromatic rings. The number of hydrogen-bond donors (Lipinski definition) is 2. The Morgan fingerprint density at radius 2 is 2.20 bits per heavy atom. The Morgan fingerprint density at radius 1 is 1.50 bits per heavy atom. The number of para-hydroxylation sites is 1. The Bertz CT molecular complexity index is 623. The molecule has 5 nitrogen and oxygen atoms in total. The molecule has 0 aliphatic heterocycles. The van der Waals surface area contributed by atoms with Gasteiger partial charge in [-0.05, 0) is 31.3 Å². The van der Waals surface area contributed by atoms with Crippen molar-refractivity contribution in [3.05, 3.63) is 39.3 Å². The van der Waals surface area contributed by atoms with Crippen molar-refractivity contribution in [1.82, 2.24) is 15.5 Å². The summed E-state index contributed by atoms with van der Waals surface area (Å²) >= 11 is 6.08. The minimum atomic E-state index is -0.198. The maximum Gasteiger partial charge on any atom is 0.282 e. The molecule has 7 heteroatoms. The number of aromatic amines is 1. The normalized spacial score (nSPS) is 11.9. The van der Waals surface area contributed by atoms with E-state index >= 15 is 0 Å². The number of anilines is 1. The van der Waals surface area contributed by atoms with E-state index in [1.54, 1.807) is 0 Å². The Morgan fingerprint density at radius 3 is 2.80 bits per heavy atom. The average molecular weight is 308 g/mol. The van der Waals surface area contributed by atoms with Crippen molar-refractivity contribution in [2.45, 2.75) is 13.0 Å². The van der Waals surface area contributed by atoms with Crippen molar-refractivity contribution >= 4 is 35.1 Å². The van der Waals surface area contributed by atoms with Gasteiger partial charge in [-0.3, -0.25) is 9.89 Å². The second kappa shape index (κ2) is 6.62. The van der Waals surface area contributed by atoms with E-state index in [1.165, 1.54) is 11.3 Å². The number of nitrogens with zero attached hydrogens (tertiary/aromatic N) is 2. The van der Waals surface area contributed by atoms with Gasteiger partial charge in [0.15, 0.2) is 3.95 Å². The Kier molecular flexibility index (Phi) is 4.86. The van der Waals surface area contributed by atoms with Crippen LogP contribution in [0.25, 0.3) is 0 Å². The third-order valence-corrected chi connectivity index (χ3v) is 4.10. The first-order valence-corrected chi connectivity index (χ1v) is 7.42. The second-order valence-electron chi connectivity index (χ2n) is 4.42. The van der Waals surface area contributed by atoms with Crippen LogP contribution in [0.15, 0.2) is 30.3 Å². The van der Waals surface area contributed by atoms with Gasteiger partial charge in [0, 0.05) is 25.3 Å². The fourth-order valence-corrected chi connectivity index (χ4v) is 2.50. The number of nitrogens with one attached hydrogen (secondary N) is 2. The first kappa shape index (κ1) is 14.7. The Balaban J connectivity index is 1.90. The van der Waals surface area contributed by atoms with E-state index in [4.69, 9.17) is 12.2 Å². The summed E-state index contributed by atoms with van der Waals surface area (Å²) in [6.45, 7) is 2.59. The van der Waals surface area contributed by atoms with E-state index in [2.05, 4.69) is 27.3 Å². The van der Waals surface area contributed by atoms with Crippen molar-refractivity contribution in [1.29, 1.82) is 0 Å². The molecule has 0 fully saturated rings. The molecule has 0 saturated carbocycles. The fourth-order valence-electron chi connectivity index (χ4n) is 1.70. The summed E-state index contributed by atoms with van der Waals surface area (Å²) in [5.74, 6) is -0.198.